The first-order valence-electron chi connectivity index (χ1n) is 6.24. The maximum absolute atomic E-state index is 10.8. The van der Waals surface area contributed by atoms with Gasteiger partial charge in [0, 0.05) is 6.61 Å². The van der Waals surface area contributed by atoms with Crippen LogP contribution in [0, 0.1) is 5.92 Å². The molecule has 0 aliphatic carbocycles. The van der Waals surface area contributed by atoms with E-state index in [1.54, 1.807) is 4.68 Å². The Balaban J connectivity index is 2.22. The molecule has 1 saturated heterocycles. The minimum atomic E-state index is -0.844. The average Bonchev–Trinajstić information content (AvgIpc) is 2.93. The van der Waals surface area contributed by atoms with Gasteiger partial charge in [0.15, 0.2) is 5.82 Å². The molecule has 0 aromatic carbocycles. The Labute approximate surface area is 105 Å². The van der Waals surface area contributed by atoms with E-state index in [1.165, 1.54) is 0 Å². The molecular weight excluding hydrogens is 236 g/mol. The van der Waals surface area contributed by atoms with Gasteiger partial charge in [0.05, 0.1) is 12.5 Å². The highest BCUT2D eigenvalue weighted by atomic mass is 16.5. The van der Waals surface area contributed by atoms with Crippen molar-refractivity contribution in [3.8, 4) is 0 Å². The van der Waals surface area contributed by atoms with E-state index in [4.69, 9.17) is 9.84 Å². The lowest BCUT2D eigenvalue weighted by molar-refractivity contribution is -0.138. The van der Waals surface area contributed by atoms with Crippen molar-refractivity contribution in [1.82, 2.24) is 20.2 Å². The standard InChI is InChI=1S/C11H18N4O3/c1-3-8(6-9(16)17)15-11(12-13-14-15)10-7(2)4-5-18-10/h7-8,10H,3-6H2,1-2H3,(H,16,17). The summed E-state index contributed by atoms with van der Waals surface area (Å²) >= 11 is 0. The van der Waals surface area contributed by atoms with Crippen LogP contribution >= 0.6 is 0 Å². The van der Waals surface area contributed by atoms with Crippen LogP contribution in [0.3, 0.4) is 0 Å². The number of hydrogen-bond donors (Lipinski definition) is 1. The van der Waals surface area contributed by atoms with Crippen molar-refractivity contribution in [2.24, 2.45) is 5.92 Å². The molecule has 18 heavy (non-hydrogen) atoms. The molecule has 0 bridgehead atoms. The molecule has 1 aromatic rings. The molecule has 1 aromatic heterocycles. The SMILES string of the molecule is CCC(CC(=O)O)n1nnnc1C1OCCC1C. The molecule has 7 nitrogen and oxygen atoms in total. The Morgan fingerprint density at radius 1 is 1.67 bits per heavy atom. The summed E-state index contributed by atoms with van der Waals surface area (Å²) in [5, 5.41) is 20.5. The van der Waals surface area contributed by atoms with E-state index < -0.39 is 5.97 Å². The second-order valence-corrected chi connectivity index (χ2v) is 4.70. The zero-order valence-corrected chi connectivity index (χ0v) is 10.6. The maximum Gasteiger partial charge on any atom is 0.305 e. The number of ether oxygens (including phenoxy) is 1. The molecule has 2 heterocycles. The van der Waals surface area contributed by atoms with E-state index in [0.717, 1.165) is 6.42 Å². The van der Waals surface area contributed by atoms with Crippen LogP contribution in [0.5, 0.6) is 0 Å². The molecule has 1 N–H and O–H groups in total. The quantitative estimate of drug-likeness (QED) is 0.849. The smallest absolute Gasteiger partial charge is 0.305 e. The van der Waals surface area contributed by atoms with Gasteiger partial charge in [-0.25, -0.2) is 4.68 Å². The fourth-order valence-corrected chi connectivity index (χ4v) is 2.28. The van der Waals surface area contributed by atoms with Crippen molar-refractivity contribution < 1.29 is 14.6 Å². The van der Waals surface area contributed by atoms with Crippen molar-refractivity contribution in [3.63, 3.8) is 0 Å². The number of tetrazole rings is 1. The van der Waals surface area contributed by atoms with Crippen molar-refractivity contribution in [2.75, 3.05) is 6.61 Å². The average molecular weight is 254 g/mol. The number of carboxylic acids is 1. The normalized spacial score (nSPS) is 25.2. The second kappa shape index (κ2) is 5.43. The first-order chi connectivity index (χ1) is 8.63. The van der Waals surface area contributed by atoms with Gasteiger partial charge in [-0.15, -0.1) is 5.10 Å². The summed E-state index contributed by atoms with van der Waals surface area (Å²) in [7, 11) is 0. The van der Waals surface area contributed by atoms with Gasteiger partial charge in [-0.05, 0) is 29.2 Å². The molecule has 100 valence electrons. The lowest BCUT2D eigenvalue weighted by Gasteiger charge is -2.18. The summed E-state index contributed by atoms with van der Waals surface area (Å²) in [6.07, 6.45) is 1.55. The third-order valence-electron chi connectivity index (χ3n) is 3.39. The van der Waals surface area contributed by atoms with Crippen LogP contribution in [0.15, 0.2) is 0 Å². The molecule has 0 spiro atoms. The Hall–Kier alpha value is -1.50. The van der Waals surface area contributed by atoms with Crippen molar-refractivity contribution in [1.29, 1.82) is 0 Å². The van der Waals surface area contributed by atoms with Crippen LogP contribution in [0.2, 0.25) is 0 Å². The van der Waals surface area contributed by atoms with Crippen molar-refractivity contribution >= 4 is 5.97 Å². The highest BCUT2D eigenvalue weighted by Crippen LogP contribution is 2.34. The zero-order chi connectivity index (χ0) is 13.1. The monoisotopic (exact) mass is 254 g/mol. The topological polar surface area (TPSA) is 90.1 Å². The summed E-state index contributed by atoms with van der Waals surface area (Å²) in [5.74, 6) is 0.161. The molecule has 1 fully saturated rings. The van der Waals surface area contributed by atoms with Crippen LogP contribution in [-0.2, 0) is 9.53 Å². The minimum absolute atomic E-state index is 0.0235. The number of rotatable bonds is 5. The predicted molar refractivity (Wildman–Crippen MR) is 61.9 cm³/mol. The summed E-state index contributed by atoms with van der Waals surface area (Å²) in [4.78, 5) is 10.8. The van der Waals surface area contributed by atoms with Crippen LogP contribution in [0.25, 0.3) is 0 Å². The fraction of sp³-hybridized carbons (Fsp3) is 0.818. The lowest BCUT2D eigenvalue weighted by Crippen LogP contribution is -2.20. The molecule has 7 heteroatoms. The Morgan fingerprint density at radius 3 is 3.00 bits per heavy atom. The number of aromatic nitrogens is 4. The van der Waals surface area contributed by atoms with Gasteiger partial charge in [0.1, 0.15) is 6.10 Å². The largest absolute Gasteiger partial charge is 0.481 e. The van der Waals surface area contributed by atoms with E-state index >= 15 is 0 Å². The van der Waals surface area contributed by atoms with Crippen LogP contribution in [-0.4, -0.2) is 37.9 Å². The molecule has 1 aliphatic heterocycles. The minimum Gasteiger partial charge on any atom is -0.481 e. The summed E-state index contributed by atoms with van der Waals surface area (Å²) < 4.78 is 7.25. The third-order valence-corrected chi connectivity index (χ3v) is 3.39. The van der Waals surface area contributed by atoms with Crippen molar-refractivity contribution in [3.05, 3.63) is 5.82 Å². The number of hydrogen-bond acceptors (Lipinski definition) is 5. The highest BCUT2D eigenvalue weighted by molar-refractivity contribution is 5.67. The fourth-order valence-electron chi connectivity index (χ4n) is 2.28. The second-order valence-electron chi connectivity index (χ2n) is 4.70. The highest BCUT2D eigenvalue weighted by Gasteiger charge is 2.32. The van der Waals surface area contributed by atoms with Gasteiger partial charge in [-0.3, -0.25) is 4.79 Å². The van der Waals surface area contributed by atoms with Gasteiger partial charge >= 0.3 is 5.97 Å². The van der Waals surface area contributed by atoms with Gasteiger partial charge < -0.3 is 9.84 Å². The molecule has 2 rings (SSSR count). The first kappa shape index (κ1) is 12.9. The third kappa shape index (κ3) is 2.50. The van der Waals surface area contributed by atoms with E-state index in [2.05, 4.69) is 22.4 Å². The van der Waals surface area contributed by atoms with Crippen molar-refractivity contribution in [2.45, 2.75) is 45.3 Å². The molecule has 0 radical (unpaired) electrons. The molecule has 1 aliphatic rings. The van der Waals surface area contributed by atoms with Crippen LogP contribution in [0.1, 0.15) is 51.1 Å². The van der Waals surface area contributed by atoms with E-state index in [1.807, 2.05) is 6.92 Å². The van der Waals surface area contributed by atoms with Gasteiger partial charge in [0.25, 0.3) is 0 Å². The molecular formula is C11H18N4O3. The summed E-state index contributed by atoms with van der Waals surface area (Å²) in [5.41, 5.74) is 0. The molecule has 3 unspecified atom stereocenters. The van der Waals surface area contributed by atoms with Gasteiger partial charge in [-0.1, -0.05) is 13.8 Å². The first-order valence-corrected chi connectivity index (χ1v) is 6.24. The Kier molecular flexibility index (Phi) is 3.90. The molecule has 3 atom stereocenters. The van der Waals surface area contributed by atoms with Gasteiger partial charge in [0.2, 0.25) is 0 Å². The molecule has 0 saturated carbocycles. The maximum atomic E-state index is 10.8. The number of aliphatic carboxylic acids is 1. The van der Waals surface area contributed by atoms with E-state index in [0.29, 0.717) is 24.8 Å². The van der Waals surface area contributed by atoms with E-state index in [-0.39, 0.29) is 18.6 Å². The van der Waals surface area contributed by atoms with E-state index in [9.17, 15) is 4.79 Å². The molecule has 0 amide bonds. The summed E-state index contributed by atoms with van der Waals surface area (Å²) in [6, 6.07) is -0.219. The van der Waals surface area contributed by atoms with Crippen LogP contribution in [0.4, 0.5) is 0 Å². The Bertz CT molecular complexity index is 420. The zero-order valence-electron chi connectivity index (χ0n) is 10.6. The lowest BCUT2D eigenvalue weighted by atomic mass is 10.0. The Morgan fingerprint density at radius 2 is 2.44 bits per heavy atom. The predicted octanol–water partition coefficient (Wildman–Crippen LogP) is 1.20. The van der Waals surface area contributed by atoms with Crippen LogP contribution < -0.4 is 0 Å². The number of nitrogens with zero attached hydrogens (tertiary/aromatic N) is 4. The number of carbonyl (C=O) groups is 1. The summed E-state index contributed by atoms with van der Waals surface area (Å²) in [6.45, 7) is 4.72. The number of carboxylic acid groups (broad SMARTS) is 1. The van der Waals surface area contributed by atoms with Gasteiger partial charge in [-0.2, -0.15) is 0 Å².